The fraction of sp³-hybridized carbons (Fsp3) is 0.313. The van der Waals surface area contributed by atoms with Crippen LogP contribution >= 0.6 is 0 Å². The van der Waals surface area contributed by atoms with Gasteiger partial charge in [-0.25, -0.2) is 49.8 Å². The second-order valence-electron chi connectivity index (χ2n) is 35.2. The number of piperazine rings is 5. The maximum Gasteiger partial charge on any atom is 0.420 e. The molecule has 145 heavy (non-hydrogen) atoms. The molecule has 746 valence electrons. The molecule has 0 bridgehead atoms. The van der Waals surface area contributed by atoms with E-state index in [0.29, 0.717) is 203 Å². The lowest BCUT2D eigenvalue weighted by atomic mass is 10.1. The third-order valence-corrected chi connectivity index (χ3v) is 26.4. The number of rotatable bonds is 20. The van der Waals surface area contributed by atoms with E-state index >= 15 is 0 Å². The first kappa shape index (κ1) is 96.9. The fourth-order valence-corrected chi connectivity index (χ4v) is 18.2. The zero-order chi connectivity index (χ0) is 101. The van der Waals surface area contributed by atoms with Gasteiger partial charge >= 0.3 is 12.4 Å². The van der Waals surface area contributed by atoms with E-state index in [1.54, 1.807) is 51.6 Å². The van der Waals surface area contributed by atoms with Crippen LogP contribution in [0.2, 0.25) is 0 Å². The van der Waals surface area contributed by atoms with Crippen molar-refractivity contribution in [1.82, 2.24) is 130 Å². The van der Waals surface area contributed by atoms with E-state index in [-0.39, 0.29) is 51.7 Å². The maximum absolute atomic E-state index is 14.0. The van der Waals surface area contributed by atoms with Gasteiger partial charge in [-0.2, -0.15) is 56.7 Å². The lowest BCUT2D eigenvalue weighted by Gasteiger charge is -2.43. The number of nitrogens with zero attached hydrogens (tertiary/aromatic N) is 28. The summed E-state index contributed by atoms with van der Waals surface area (Å²) in [5.74, 6) is 4.90. The Morgan fingerprint density at radius 2 is 0.690 bits per heavy atom. The van der Waals surface area contributed by atoms with E-state index in [4.69, 9.17) is 38.9 Å². The Hall–Kier alpha value is -16.9. The average molecular weight is 1980 g/mol. The fourth-order valence-electron chi connectivity index (χ4n) is 18.2. The monoisotopic (exact) mass is 1980 g/mol. The topological polar surface area (TPSA) is 413 Å². The number of benzene rings is 4. The van der Waals surface area contributed by atoms with Gasteiger partial charge in [-0.15, -0.1) is 0 Å². The summed E-state index contributed by atoms with van der Waals surface area (Å²) in [6, 6.07) is 20.1. The Morgan fingerprint density at radius 3 is 1.06 bits per heavy atom. The Kier molecular flexibility index (Phi) is 27.6. The van der Waals surface area contributed by atoms with Crippen LogP contribution in [0.3, 0.4) is 0 Å². The van der Waals surface area contributed by atoms with Gasteiger partial charge in [0.2, 0.25) is 59.0 Å². The van der Waals surface area contributed by atoms with Gasteiger partial charge in [0.1, 0.15) is 69.5 Å². The number of carbonyl (C=O) groups excluding carboxylic acids is 4. The molecule has 0 saturated carbocycles. The van der Waals surface area contributed by atoms with Crippen molar-refractivity contribution < 1.29 is 64.5 Å². The molecule has 0 unspecified atom stereocenters. The molecule has 0 atom stereocenters. The number of amides is 4. The van der Waals surface area contributed by atoms with Crippen LogP contribution in [0.1, 0.15) is 29.2 Å². The highest BCUT2D eigenvalue weighted by Gasteiger charge is 2.40. The second-order valence-corrected chi connectivity index (χ2v) is 35.2. The molecule has 6 aliphatic rings. The number of fused-ring (bicyclic) bond motifs is 8. The SMILES string of the molecule is C=CC(=O)N1CCN(c2nc(N3CC(N(C)C)C3)nc3c(Oc4c(C(F)(F)F)ccc5[nH]ncc45)nccc23)CC1.C=CC(=O)N1CCN(c2nc(N3CCN(C)CC3)nc3c(Oc4c(C)ccc5[nH]ncc45)nccc23)CC1.C=CC(=O)N1CCN(c2ncnc3c(Oc4c(C(F)(F)F)ccc5[nH]ncc45)nccc23)CC1.C=CC(=O)N1CCN(c2ncnc3c(Oc4c(CC)ccc5[nH]ncc45)nccc23)CC1. The summed E-state index contributed by atoms with van der Waals surface area (Å²) in [5, 5.41) is 32.4. The summed E-state index contributed by atoms with van der Waals surface area (Å²) in [5.41, 5.74) is 4.61. The van der Waals surface area contributed by atoms with Gasteiger partial charge < -0.3 is 77.7 Å². The van der Waals surface area contributed by atoms with Crippen LogP contribution in [0, 0.1) is 6.92 Å². The van der Waals surface area contributed by atoms with Crippen molar-refractivity contribution in [3.8, 4) is 46.5 Å². The molecule has 40 nitrogen and oxygen atoms in total. The molecule has 6 fully saturated rings. The standard InChI is InChI=1S/C27H28F3N9O2.C27H31N9O2.C23H23N7O2.C22H18F3N7O2/c1-4-21(40)37-9-11-38(12-10-37)24-17-7-8-31-25(22(17)33-26(34-24)39-14-16(15-39)36(2)3)41-23-18-13-32-35-20(18)6-5-19(23)27(28,29)30;1-4-22(37)34-13-15-35(16-14-34)25-19-7-8-28-26(38-24-18(2)5-6-21-20(24)17-29-32-21)23(19)30-27(31-25)36-11-9-33(3)10-12-36;1-3-15-5-6-18-17(13-27-28-18)21(15)32-23-20-16(7-8-24-23)22(26-14-25-20)30-11-9-29(10-12-30)19(31)4-2;1-2-17(33)31-7-9-32(10-8-31)20-13-5-6-26-21(18(13)27-12-28-20)34-19-14-11-29-30-16(14)4-3-15(19)22(23,24)25/h4-8,13,16H,1,9-12,14-15H2,2-3H3,(H,32,35);4-8,17H,1,9-16H2,2-3H3,(H,29,32);4-8,13-14H,2-3,9-12H2,1H3,(H,27,28);2-6,11-12H,1,7-10H2,(H,29,30). The molecule has 0 aliphatic carbocycles. The molecule has 4 N–H and O–H groups in total. The van der Waals surface area contributed by atoms with E-state index < -0.39 is 35.0 Å². The number of aromatic amines is 4. The molecule has 6 saturated heterocycles. The first-order valence-electron chi connectivity index (χ1n) is 46.9. The molecule has 16 aromatic rings. The first-order valence-corrected chi connectivity index (χ1v) is 46.9. The summed E-state index contributed by atoms with van der Waals surface area (Å²) in [4.78, 5) is 127. The number of aromatic nitrogens is 20. The summed E-state index contributed by atoms with van der Waals surface area (Å²) < 4.78 is 108. The van der Waals surface area contributed by atoms with Crippen LogP contribution in [0.4, 0.5) is 61.5 Å². The van der Waals surface area contributed by atoms with Crippen LogP contribution in [0.25, 0.3) is 87.2 Å². The summed E-state index contributed by atoms with van der Waals surface area (Å²) in [6.07, 6.45) is 12.1. The Labute approximate surface area is 824 Å². The number of nitrogens with one attached hydrogen (secondary N) is 4. The number of pyridine rings is 4. The number of aryl methyl sites for hydroxylation is 2. The van der Waals surface area contributed by atoms with Crippen molar-refractivity contribution in [1.29, 1.82) is 0 Å². The highest BCUT2D eigenvalue weighted by atomic mass is 19.4. The lowest BCUT2D eigenvalue weighted by Crippen LogP contribution is -2.58. The van der Waals surface area contributed by atoms with E-state index in [9.17, 15) is 45.5 Å². The van der Waals surface area contributed by atoms with E-state index in [0.717, 1.165) is 106 Å². The van der Waals surface area contributed by atoms with Crippen molar-refractivity contribution >= 4 is 146 Å². The Morgan fingerprint density at radius 1 is 0.372 bits per heavy atom. The smallest absolute Gasteiger partial charge is 0.420 e. The largest absolute Gasteiger partial charge is 0.436 e. The summed E-state index contributed by atoms with van der Waals surface area (Å²) in [7, 11) is 6.13. The van der Waals surface area contributed by atoms with Crippen LogP contribution in [-0.4, -0.2) is 325 Å². The normalized spacial score (nSPS) is 15.6. The van der Waals surface area contributed by atoms with Crippen molar-refractivity contribution in [3.05, 3.63) is 208 Å². The number of alkyl halides is 6. The molecule has 6 aliphatic heterocycles. The van der Waals surface area contributed by atoms with Gasteiger partial charge in [0.25, 0.3) is 0 Å². The van der Waals surface area contributed by atoms with E-state index in [1.807, 2.05) is 77.0 Å². The molecule has 12 aromatic heterocycles. The average Bonchev–Trinajstić information content (AvgIpc) is 1.75. The van der Waals surface area contributed by atoms with Crippen molar-refractivity contribution in [3.63, 3.8) is 0 Å². The Bertz CT molecular complexity index is 7600. The third-order valence-electron chi connectivity index (χ3n) is 26.4. The molecule has 4 aromatic carbocycles. The minimum absolute atomic E-state index is 0.0426. The van der Waals surface area contributed by atoms with Gasteiger partial charge in [0.15, 0.2) is 11.5 Å². The molecule has 4 amide bonds. The number of carbonyl (C=O) groups is 4. The van der Waals surface area contributed by atoms with Gasteiger partial charge in [-0.05, 0) is 131 Å². The number of ether oxygens (including phenoxy) is 4. The van der Waals surface area contributed by atoms with Crippen LogP contribution in [0.15, 0.2) is 186 Å². The van der Waals surface area contributed by atoms with Crippen LogP contribution in [0.5, 0.6) is 46.5 Å². The van der Waals surface area contributed by atoms with Gasteiger partial charge in [0, 0.05) is 186 Å². The molecule has 0 radical (unpaired) electrons. The number of hydrogen-bond donors (Lipinski definition) is 4. The van der Waals surface area contributed by atoms with E-state index in [1.165, 1.54) is 73.9 Å². The number of hydrogen-bond acceptors (Lipinski definition) is 32. The van der Waals surface area contributed by atoms with Gasteiger partial charge in [-0.1, -0.05) is 45.4 Å². The molecule has 0 spiro atoms. The quantitative estimate of drug-likeness (QED) is 0.0407. The molecular weight excluding hydrogens is 1880 g/mol. The highest BCUT2D eigenvalue weighted by molar-refractivity contribution is 6.00. The lowest BCUT2D eigenvalue weighted by molar-refractivity contribution is -0.139. The zero-order valence-corrected chi connectivity index (χ0v) is 79.7. The van der Waals surface area contributed by atoms with Crippen LogP contribution in [-0.2, 0) is 38.0 Å². The maximum atomic E-state index is 14.0. The number of halogens is 6. The highest BCUT2D eigenvalue weighted by Crippen LogP contribution is 2.48. The Balaban J connectivity index is 0.000000123. The molecule has 22 rings (SSSR count). The van der Waals surface area contributed by atoms with E-state index in [2.05, 4.69) is 145 Å². The minimum Gasteiger partial charge on any atom is -0.436 e. The second kappa shape index (κ2) is 41.3. The van der Waals surface area contributed by atoms with Crippen molar-refractivity contribution in [2.75, 3.05) is 195 Å². The first-order chi connectivity index (χ1) is 70.2. The van der Waals surface area contributed by atoms with Crippen LogP contribution < -0.4 is 48.3 Å². The summed E-state index contributed by atoms with van der Waals surface area (Å²) >= 11 is 0. The number of likely N-dealkylation sites (N-methyl/N-ethyl adjacent to an activating group) is 2. The van der Waals surface area contributed by atoms with Crippen molar-refractivity contribution in [2.45, 2.75) is 38.7 Å². The van der Waals surface area contributed by atoms with Gasteiger partial charge in [0.05, 0.1) is 90.3 Å². The molecule has 18 heterocycles. The molecular formula is C99H100F6N32O8. The van der Waals surface area contributed by atoms with Gasteiger partial charge in [-0.3, -0.25) is 39.6 Å². The summed E-state index contributed by atoms with van der Waals surface area (Å²) in [6.45, 7) is 32.5. The predicted octanol–water partition coefficient (Wildman–Crippen LogP) is 12.5. The zero-order valence-electron chi connectivity index (χ0n) is 79.7. The number of H-pyrrole nitrogens is 4. The number of anilines is 6. The minimum atomic E-state index is -4.67. The predicted molar refractivity (Wildman–Crippen MR) is 533 cm³/mol. The molecule has 46 heteroatoms. The van der Waals surface area contributed by atoms with Crippen molar-refractivity contribution in [2.24, 2.45) is 0 Å². The third kappa shape index (κ3) is 20.0.